The fourth-order valence-corrected chi connectivity index (χ4v) is 11.0. The third-order valence-corrected chi connectivity index (χ3v) is 15.7. The largest absolute Gasteiger partial charge is 0.444 e. The Balaban J connectivity index is 1.44. The number of fused-ring (bicyclic) bond motifs is 8. The zero-order valence-electron chi connectivity index (χ0n) is 55.9. The molecule has 5 heterocycles. The van der Waals surface area contributed by atoms with Crippen molar-refractivity contribution in [2.75, 3.05) is 33.7 Å². The molecule has 0 spiro atoms. The summed E-state index contributed by atoms with van der Waals surface area (Å²) in [6, 6.07) is 5.32. The van der Waals surface area contributed by atoms with Crippen LogP contribution in [-0.2, 0) is 39.8 Å². The molecule has 0 fully saturated rings. The molecule has 21 nitrogen and oxygen atoms in total. The van der Waals surface area contributed by atoms with Crippen molar-refractivity contribution in [3.63, 3.8) is 0 Å². The van der Waals surface area contributed by atoms with Crippen molar-refractivity contribution in [3.05, 3.63) is 69.3 Å². The minimum absolute atomic E-state index is 0.0437. The van der Waals surface area contributed by atoms with Gasteiger partial charge in [-0.05, 0) is 225 Å². The van der Waals surface area contributed by atoms with Gasteiger partial charge in [0.2, 0.25) is 23.6 Å². The van der Waals surface area contributed by atoms with Crippen molar-refractivity contribution < 1.29 is 47.8 Å². The third-order valence-electron chi connectivity index (χ3n) is 15.7. The van der Waals surface area contributed by atoms with E-state index in [1.54, 1.807) is 76.4 Å². The molecule has 8 bridgehead atoms. The molecule has 3 aromatic heterocycles. The fraction of sp³-hybridized carbons (Fsp3) is 0.627. The monoisotopic (exact) mass is 1220 g/mol. The number of unbranched alkanes of at least 4 members (excludes halogenated alkanes) is 3. The highest BCUT2D eigenvalue weighted by molar-refractivity contribution is 5.95. The Morgan fingerprint density at radius 2 is 1.03 bits per heavy atom. The molecule has 0 saturated heterocycles. The number of ether oxygens (including phenoxy) is 3. The van der Waals surface area contributed by atoms with Crippen LogP contribution in [0.4, 0.5) is 14.4 Å². The average molecular weight is 1220 g/mol. The molecule has 5 rings (SSSR count). The Labute approximate surface area is 521 Å². The highest BCUT2D eigenvalue weighted by atomic mass is 16.6. The summed E-state index contributed by atoms with van der Waals surface area (Å²) in [6.07, 6.45) is 3.47. The number of allylic oxidation sites excluding steroid dienone is 2. The van der Waals surface area contributed by atoms with E-state index in [0.717, 1.165) is 79.9 Å². The van der Waals surface area contributed by atoms with Crippen LogP contribution in [0.15, 0.2) is 24.3 Å². The number of carbonyl (C=O) groups is 7. The molecule has 0 radical (unpaired) electrons. The van der Waals surface area contributed by atoms with E-state index in [2.05, 4.69) is 115 Å². The lowest BCUT2D eigenvalue weighted by Gasteiger charge is -2.27. The molecule has 2 aliphatic heterocycles. The third kappa shape index (κ3) is 21.4. The van der Waals surface area contributed by atoms with E-state index >= 15 is 0 Å². The molecule has 5 atom stereocenters. The van der Waals surface area contributed by atoms with Crippen molar-refractivity contribution in [2.24, 2.45) is 0 Å². The molecule has 0 saturated carbocycles. The van der Waals surface area contributed by atoms with Gasteiger partial charge in [-0.15, -0.1) is 0 Å². The minimum atomic E-state index is -1.16. The summed E-state index contributed by atoms with van der Waals surface area (Å²) in [4.78, 5) is 114. The van der Waals surface area contributed by atoms with Gasteiger partial charge in [-0.1, -0.05) is 20.8 Å². The summed E-state index contributed by atoms with van der Waals surface area (Å²) in [5.74, 6) is -2.23. The first-order valence-electron chi connectivity index (χ1n) is 31.6. The van der Waals surface area contributed by atoms with Gasteiger partial charge in [-0.2, -0.15) is 0 Å². The lowest BCUT2D eigenvalue weighted by molar-refractivity contribution is -0.136. The van der Waals surface area contributed by atoms with Crippen LogP contribution in [0.3, 0.4) is 0 Å². The first-order valence-corrected chi connectivity index (χ1v) is 31.6. The number of H-pyrrole nitrogens is 2. The number of nitrogens with one attached hydrogen (secondary N) is 8. The smallest absolute Gasteiger partial charge is 0.407 e. The number of rotatable bonds is 26. The van der Waals surface area contributed by atoms with Gasteiger partial charge in [-0.3, -0.25) is 24.2 Å². The maximum atomic E-state index is 14.8. The van der Waals surface area contributed by atoms with E-state index in [4.69, 9.17) is 24.2 Å². The van der Waals surface area contributed by atoms with Crippen molar-refractivity contribution in [3.8, 4) is 0 Å². The van der Waals surface area contributed by atoms with Gasteiger partial charge in [-0.25, -0.2) is 19.4 Å². The Kier molecular flexibility index (Phi) is 25.6. The second-order valence-corrected chi connectivity index (χ2v) is 26.7. The number of carbonyl (C=O) groups excluding carboxylic acids is 7. The van der Waals surface area contributed by atoms with Crippen molar-refractivity contribution in [1.29, 1.82) is 0 Å². The summed E-state index contributed by atoms with van der Waals surface area (Å²) in [5.41, 5.74) is 12.1. The Hall–Kier alpha value is -7.45. The average Bonchev–Trinajstić information content (AvgIpc) is 4.36. The molecule has 7 amide bonds. The van der Waals surface area contributed by atoms with Crippen molar-refractivity contribution >= 4 is 75.1 Å². The predicted octanol–water partition coefficient (Wildman–Crippen LogP) is 11.4. The highest BCUT2D eigenvalue weighted by Crippen LogP contribution is 2.42. The lowest BCUT2D eigenvalue weighted by Crippen LogP contribution is -2.56. The zero-order valence-corrected chi connectivity index (χ0v) is 55.9. The molecule has 0 aliphatic carbocycles. The highest BCUT2D eigenvalue weighted by Gasteiger charge is 2.34. The van der Waals surface area contributed by atoms with Crippen LogP contribution in [0.1, 0.15) is 224 Å². The van der Waals surface area contributed by atoms with Gasteiger partial charge in [0.1, 0.15) is 34.9 Å². The molecule has 0 unspecified atom stereocenters. The van der Waals surface area contributed by atoms with Crippen LogP contribution < -0.4 is 31.9 Å². The molecule has 486 valence electrons. The SMILES string of the molecule is CCC1=C(C)c2cc3[nH]c(cc4nc(c(C)c5cc(C)c(cc1n2)[nH]5)[C@@H](CCC(=O)N[C@@H](CCCCNC(=O)OC(C)(C)C)C(=O)N[C@@H](CCCCNC(=O)OC(C)(C)C)C(=O)N[C@@H](CCCCNC(=O)OC(C)(C)C)C(=O)N(C)C)[C@@H]4C)c(C)c3CC. The number of aryl methyl sites for hydroxylation is 4. The molecule has 8 N–H and O–H groups in total. The first-order chi connectivity index (χ1) is 41.2. The predicted molar refractivity (Wildman–Crippen MR) is 347 cm³/mol. The summed E-state index contributed by atoms with van der Waals surface area (Å²) >= 11 is 0. The molecule has 0 aromatic carbocycles. The van der Waals surface area contributed by atoms with Crippen molar-refractivity contribution in [1.82, 2.24) is 56.7 Å². The summed E-state index contributed by atoms with van der Waals surface area (Å²) in [5, 5.41) is 17.1. The normalized spacial score (nSPS) is 15.3. The maximum absolute atomic E-state index is 14.8. The number of hydrogen-bond acceptors (Lipinski definition) is 12. The second-order valence-electron chi connectivity index (χ2n) is 26.7. The standard InChI is InChI=1S/C67H103N11O10/c1-19-44-41(5)53-38-56-45(20-2)40(4)52(72-56)37-54-42(6)46(58(75-54)43(7)51-35-39(3)50(71-51)36-55(44)73-53)30-31-57(79)74-47(27-21-24-32-68-62(83)86-65(8,9)10)59(80)76-48(28-22-25-33-69-63(84)87-66(11,12)13)60(81)77-49(61(82)78(17)18)29-23-26-34-70-64(85)88-67(14,15)16/h35-38,42,46-49,71-72H,19-34H2,1-18H3,(H,68,83)(H,69,84)(H,70,85)(H,74,79)(H,76,80)(H,77,81)/t42-,46-,47-,48-,49-/m0/s1. The van der Waals surface area contributed by atoms with Crippen LogP contribution in [0.5, 0.6) is 0 Å². The Morgan fingerprint density at radius 3 is 1.52 bits per heavy atom. The number of alkyl carbamates (subject to hydrolysis) is 3. The molecule has 2 aliphatic rings. The van der Waals surface area contributed by atoms with E-state index in [1.807, 2.05) is 0 Å². The molecular formula is C67H103N11O10. The van der Waals surface area contributed by atoms with Gasteiger partial charge < -0.3 is 61.0 Å². The fourth-order valence-electron chi connectivity index (χ4n) is 11.0. The van der Waals surface area contributed by atoms with Crippen LogP contribution in [0.2, 0.25) is 0 Å². The maximum Gasteiger partial charge on any atom is 0.407 e. The van der Waals surface area contributed by atoms with Crippen LogP contribution in [0, 0.1) is 20.8 Å². The van der Waals surface area contributed by atoms with E-state index < -0.39 is 65.0 Å². The topological polar surface area (TPSA) is 280 Å². The Morgan fingerprint density at radius 1 is 0.568 bits per heavy atom. The molecule has 88 heavy (non-hydrogen) atoms. The summed E-state index contributed by atoms with van der Waals surface area (Å²) < 4.78 is 16.2. The van der Waals surface area contributed by atoms with Gasteiger partial charge in [0.05, 0.1) is 11.4 Å². The number of aromatic amines is 2. The van der Waals surface area contributed by atoms with Crippen LogP contribution in [0.25, 0.3) is 33.2 Å². The zero-order chi connectivity index (χ0) is 65.4. The van der Waals surface area contributed by atoms with Gasteiger partial charge in [0, 0.05) is 85.4 Å². The summed E-state index contributed by atoms with van der Waals surface area (Å²) in [7, 11) is 3.18. The first kappa shape index (κ1) is 71.3. The lowest BCUT2D eigenvalue weighted by atomic mass is 9.86. The number of amides is 7. The van der Waals surface area contributed by atoms with E-state index in [0.29, 0.717) is 44.9 Å². The van der Waals surface area contributed by atoms with E-state index in [-0.39, 0.29) is 69.0 Å². The van der Waals surface area contributed by atoms with Crippen LogP contribution in [-0.4, -0.2) is 135 Å². The molecule has 21 heteroatoms. The summed E-state index contributed by atoms with van der Waals surface area (Å²) in [6.45, 7) is 31.6. The second kappa shape index (κ2) is 31.6. The van der Waals surface area contributed by atoms with Crippen LogP contribution >= 0.6 is 0 Å². The van der Waals surface area contributed by atoms with Gasteiger partial charge in [0.15, 0.2) is 0 Å². The van der Waals surface area contributed by atoms with Crippen molar-refractivity contribution in [2.45, 2.75) is 241 Å². The van der Waals surface area contributed by atoms with Gasteiger partial charge in [0.25, 0.3) is 0 Å². The van der Waals surface area contributed by atoms with E-state index in [9.17, 15) is 33.6 Å². The Bertz CT molecular complexity index is 3170. The number of likely N-dealkylation sites (N-methyl/N-ethyl adjacent to an activating group) is 1. The number of hydrogen-bond donors (Lipinski definition) is 8. The number of aromatic nitrogens is 4. The molecule has 3 aromatic rings. The minimum Gasteiger partial charge on any atom is -0.444 e. The van der Waals surface area contributed by atoms with Gasteiger partial charge >= 0.3 is 18.3 Å². The quantitative estimate of drug-likeness (QED) is 0.0275. The number of nitrogens with zero attached hydrogens (tertiary/aromatic N) is 3. The van der Waals surface area contributed by atoms with E-state index in [1.165, 1.54) is 16.0 Å². The molecular weight excluding hydrogens is 1120 g/mol.